The van der Waals surface area contributed by atoms with E-state index in [1.165, 1.54) is 21.3 Å². The number of ether oxygens (including phenoxy) is 4. The van der Waals surface area contributed by atoms with Gasteiger partial charge in [-0.3, -0.25) is 9.69 Å². The molecule has 180 valence electrons. The van der Waals surface area contributed by atoms with E-state index in [1.54, 1.807) is 26.2 Å². The third-order valence-corrected chi connectivity index (χ3v) is 5.71. The molecule has 3 aromatic rings. The molecule has 34 heavy (non-hydrogen) atoms. The molecule has 0 spiro atoms. The highest BCUT2D eigenvalue weighted by Crippen LogP contribution is 2.39. The fraction of sp³-hybridized carbons (Fsp3) is 0.385. The second kappa shape index (κ2) is 10.9. The molecule has 0 aliphatic carbocycles. The minimum absolute atomic E-state index is 0.261. The summed E-state index contributed by atoms with van der Waals surface area (Å²) < 4.78 is 23.7. The molecule has 0 radical (unpaired) electrons. The third kappa shape index (κ3) is 4.52. The van der Waals surface area contributed by atoms with Crippen LogP contribution in [-0.2, 0) is 6.67 Å². The number of fused-ring (bicyclic) bond motifs is 1. The predicted octanol–water partition coefficient (Wildman–Crippen LogP) is 3.97. The molecule has 8 heteroatoms. The normalized spacial score (nSPS) is 10.7. The lowest BCUT2D eigenvalue weighted by molar-refractivity contribution is 0.103. The zero-order valence-electron chi connectivity index (χ0n) is 20.8. The minimum atomic E-state index is -0.261. The van der Waals surface area contributed by atoms with E-state index in [0.29, 0.717) is 51.9 Å². The lowest BCUT2D eigenvalue weighted by Crippen LogP contribution is -2.26. The summed E-state index contributed by atoms with van der Waals surface area (Å²) in [6.07, 6.45) is 0. The Bertz CT molecular complexity index is 1220. The zero-order valence-corrected chi connectivity index (χ0v) is 20.8. The number of carbonyl (C=O) groups excluding carboxylic acids is 1. The molecule has 0 unspecified atom stereocenters. The van der Waals surface area contributed by atoms with Gasteiger partial charge in [0.25, 0.3) is 0 Å². The van der Waals surface area contributed by atoms with Crippen molar-refractivity contribution in [2.75, 3.05) is 41.5 Å². The number of methoxy groups -OCH3 is 4. The van der Waals surface area contributed by atoms with Crippen LogP contribution in [0.4, 0.5) is 0 Å². The van der Waals surface area contributed by atoms with Gasteiger partial charge in [-0.15, -0.1) is 5.92 Å². The smallest absolute Gasteiger partial charge is 0.214 e. The fourth-order valence-electron chi connectivity index (χ4n) is 3.90. The monoisotopic (exact) mass is 465 g/mol. The quantitative estimate of drug-likeness (QED) is 0.331. The van der Waals surface area contributed by atoms with Crippen molar-refractivity contribution in [3.63, 3.8) is 0 Å². The van der Waals surface area contributed by atoms with Crippen LogP contribution < -0.4 is 18.9 Å². The molecule has 8 nitrogen and oxygen atoms in total. The Labute approximate surface area is 200 Å². The molecule has 0 amide bonds. The summed E-state index contributed by atoms with van der Waals surface area (Å²) in [6, 6.07) is 6.94. The number of ketones is 1. The van der Waals surface area contributed by atoms with E-state index in [9.17, 15) is 4.79 Å². The van der Waals surface area contributed by atoms with Gasteiger partial charge in [0.05, 0.1) is 46.2 Å². The lowest BCUT2D eigenvalue weighted by Gasteiger charge is -2.19. The number of benzene rings is 2. The molecule has 1 aromatic heterocycles. The van der Waals surface area contributed by atoms with Crippen molar-refractivity contribution in [2.45, 2.75) is 27.4 Å². The molecule has 0 bridgehead atoms. The molecule has 0 saturated carbocycles. The number of carbonyl (C=O) groups is 1. The van der Waals surface area contributed by atoms with Crippen molar-refractivity contribution in [2.24, 2.45) is 0 Å². The number of nitrogens with zero attached hydrogens (tertiary/aromatic N) is 3. The Kier molecular flexibility index (Phi) is 8.03. The first-order chi connectivity index (χ1) is 16.5. The highest BCUT2D eigenvalue weighted by atomic mass is 16.5. The summed E-state index contributed by atoms with van der Waals surface area (Å²) in [6.45, 7) is 8.14. The van der Waals surface area contributed by atoms with Gasteiger partial charge in [0.15, 0.2) is 11.5 Å². The van der Waals surface area contributed by atoms with Crippen molar-refractivity contribution >= 4 is 16.7 Å². The first kappa shape index (κ1) is 24.9. The molecule has 2 aromatic carbocycles. The Morgan fingerprint density at radius 2 is 1.59 bits per heavy atom. The standard InChI is InChI=1S/C26H31N3O5/c1-8-11-18-20(31-4)13-12-19-23(27-29(24(18)19)16-28(9-2)10-3)25(30)17-14-21(32-5)26(34-7)22(15-17)33-6/h12-15H,9-10,16H2,1-7H3. The molecule has 0 saturated heterocycles. The summed E-state index contributed by atoms with van der Waals surface area (Å²) in [5, 5.41) is 5.46. The Morgan fingerprint density at radius 3 is 2.09 bits per heavy atom. The maximum Gasteiger partial charge on any atom is 0.214 e. The van der Waals surface area contributed by atoms with Crippen LogP contribution in [0.5, 0.6) is 23.0 Å². The summed E-state index contributed by atoms with van der Waals surface area (Å²) in [4.78, 5) is 16.0. The topological polar surface area (TPSA) is 75.0 Å². The van der Waals surface area contributed by atoms with Gasteiger partial charge in [-0.05, 0) is 44.3 Å². The van der Waals surface area contributed by atoms with Crippen molar-refractivity contribution in [1.82, 2.24) is 14.7 Å². The zero-order chi connectivity index (χ0) is 24.8. The van der Waals surface area contributed by atoms with E-state index in [-0.39, 0.29) is 5.78 Å². The third-order valence-electron chi connectivity index (χ3n) is 5.71. The molecule has 0 aliphatic heterocycles. The van der Waals surface area contributed by atoms with Gasteiger partial charge in [0, 0.05) is 10.9 Å². The molecular weight excluding hydrogens is 434 g/mol. The highest BCUT2D eigenvalue weighted by molar-refractivity contribution is 6.16. The molecule has 0 aliphatic rings. The number of hydrogen-bond acceptors (Lipinski definition) is 7. The number of hydrogen-bond donors (Lipinski definition) is 0. The Balaban J connectivity index is 2.28. The van der Waals surface area contributed by atoms with Gasteiger partial charge in [-0.1, -0.05) is 19.8 Å². The number of rotatable bonds is 10. The van der Waals surface area contributed by atoms with E-state index in [2.05, 4.69) is 30.6 Å². The van der Waals surface area contributed by atoms with Gasteiger partial charge >= 0.3 is 0 Å². The van der Waals surface area contributed by atoms with Gasteiger partial charge in [-0.25, -0.2) is 4.68 Å². The van der Waals surface area contributed by atoms with Crippen LogP contribution >= 0.6 is 0 Å². The van der Waals surface area contributed by atoms with Crippen LogP contribution in [0.3, 0.4) is 0 Å². The molecule has 0 N–H and O–H groups in total. The van der Waals surface area contributed by atoms with E-state index >= 15 is 0 Å². The molecule has 1 heterocycles. The van der Waals surface area contributed by atoms with Gasteiger partial charge in [0.2, 0.25) is 11.5 Å². The first-order valence-electron chi connectivity index (χ1n) is 11.0. The molecular formula is C26H31N3O5. The lowest BCUT2D eigenvalue weighted by atomic mass is 10.0. The highest BCUT2D eigenvalue weighted by Gasteiger charge is 2.25. The minimum Gasteiger partial charge on any atom is -0.495 e. The largest absolute Gasteiger partial charge is 0.495 e. The van der Waals surface area contributed by atoms with Crippen molar-refractivity contribution < 1.29 is 23.7 Å². The Morgan fingerprint density at radius 1 is 0.971 bits per heavy atom. The summed E-state index contributed by atoms with van der Waals surface area (Å²) in [7, 11) is 6.16. The van der Waals surface area contributed by atoms with Gasteiger partial charge in [-0.2, -0.15) is 5.10 Å². The number of aromatic nitrogens is 2. The van der Waals surface area contributed by atoms with E-state index in [4.69, 9.17) is 24.0 Å². The fourth-order valence-corrected chi connectivity index (χ4v) is 3.90. The second-order valence-corrected chi connectivity index (χ2v) is 7.45. The van der Waals surface area contributed by atoms with Gasteiger partial charge in [0.1, 0.15) is 11.4 Å². The van der Waals surface area contributed by atoms with Crippen LogP contribution in [-0.4, -0.2) is 62.0 Å². The molecule has 0 fully saturated rings. The summed E-state index contributed by atoms with van der Waals surface area (Å²) in [5.74, 6) is 7.69. The van der Waals surface area contributed by atoms with Crippen molar-refractivity contribution in [3.05, 3.63) is 41.1 Å². The van der Waals surface area contributed by atoms with Crippen LogP contribution in [0.25, 0.3) is 10.9 Å². The molecule has 3 rings (SSSR count). The summed E-state index contributed by atoms with van der Waals surface area (Å²) >= 11 is 0. The molecule has 0 atom stereocenters. The van der Waals surface area contributed by atoms with E-state index in [0.717, 1.165) is 18.6 Å². The first-order valence-corrected chi connectivity index (χ1v) is 11.0. The van der Waals surface area contributed by atoms with Gasteiger partial charge < -0.3 is 18.9 Å². The maximum atomic E-state index is 13.7. The van der Waals surface area contributed by atoms with Crippen LogP contribution in [0.1, 0.15) is 42.4 Å². The van der Waals surface area contributed by atoms with Crippen molar-refractivity contribution in [1.29, 1.82) is 0 Å². The summed E-state index contributed by atoms with van der Waals surface area (Å²) in [5.41, 5.74) is 2.16. The SMILES string of the molecule is CC#Cc1c(OC)ccc2c(C(=O)c3cc(OC)c(OC)c(OC)c3)nn(CN(CC)CC)c12. The van der Waals surface area contributed by atoms with E-state index < -0.39 is 0 Å². The van der Waals surface area contributed by atoms with Crippen LogP contribution in [0, 0.1) is 11.8 Å². The maximum absolute atomic E-state index is 13.7. The predicted molar refractivity (Wildman–Crippen MR) is 131 cm³/mol. The average Bonchev–Trinajstić information content (AvgIpc) is 3.24. The van der Waals surface area contributed by atoms with Crippen LogP contribution in [0.2, 0.25) is 0 Å². The average molecular weight is 466 g/mol. The Hall–Kier alpha value is -3.70. The van der Waals surface area contributed by atoms with Crippen molar-refractivity contribution in [3.8, 4) is 34.8 Å². The second-order valence-electron chi connectivity index (χ2n) is 7.45. The van der Waals surface area contributed by atoms with E-state index in [1.807, 2.05) is 16.8 Å². The van der Waals surface area contributed by atoms with Crippen LogP contribution in [0.15, 0.2) is 24.3 Å².